The molecule has 798 valence electrons. The molecular weight excluding hydrogens is 2540 g/mol. The Hall–Kier alpha value is -9.73. The number of carbonyl (C=O) groups excluding carboxylic acids is 4. The van der Waals surface area contributed by atoms with Crippen molar-refractivity contribution in [3.63, 3.8) is 0 Å². The molecule has 147 heavy (non-hydrogen) atoms. The number of ketones is 4. The minimum Gasteiger partial charge on any atom is -0.512 e. The van der Waals surface area contributed by atoms with E-state index >= 15 is 0 Å². The Morgan fingerprint density at radius 3 is 1.08 bits per heavy atom. The zero-order valence-electron chi connectivity index (χ0n) is 94.4. The fourth-order valence-electron chi connectivity index (χ4n) is 16.7. The van der Waals surface area contributed by atoms with Gasteiger partial charge in [-0.3, -0.25) is 19.2 Å². The first-order chi connectivity index (χ1) is 67.0. The van der Waals surface area contributed by atoms with Gasteiger partial charge in [-0.25, -0.2) is 0 Å². The van der Waals surface area contributed by atoms with E-state index in [9.17, 15) is 29.4 Å². The number of aryl methyl sites for hydroxylation is 7. The van der Waals surface area contributed by atoms with Crippen molar-refractivity contribution in [2.45, 2.75) is 316 Å². The van der Waals surface area contributed by atoms with Crippen LogP contribution in [0.5, 0.6) is 0 Å². The molecule has 9 aromatic carbocycles. The van der Waals surface area contributed by atoms with Crippen LogP contribution in [0.4, 0.5) is 0 Å². The van der Waals surface area contributed by atoms with Crippen molar-refractivity contribution in [2.24, 2.45) is 27.6 Å². The predicted molar refractivity (Wildman–Crippen MR) is 611 cm³/mol. The molecule has 13 rings (SSSR count). The molecule has 13 aromatic rings. The van der Waals surface area contributed by atoms with E-state index in [4.69, 9.17) is 25.2 Å². The summed E-state index contributed by atoms with van der Waals surface area (Å²) in [5.74, 6) is 3.24. The smallest absolute Gasteiger partial charge is 0.164 e. The van der Waals surface area contributed by atoms with Crippen molar-refractivity contribution in [3.8, 4) is 56.2 Å². The SMILES string of the molecule is CC(=O)C=C(C)O.CC(=O)C=C(C)O.CC(C)(C)C(=O)C=C(O)C(C)(C)C.CCC(C)(CC)C(=O)C=C(O)C(C)(CC)CC.CCC(C)c1ccc2c(-c3[c-]c(C)cc(-c4ccccc4)c3)nccc2c1.CCC(C)c1ccc2c(-c3[c-]c(C)cc(C)c3)ncc([Si](C)(C)C)c2c1.CCC(C)c1cnc(-c2[c-]c(C)cc(C)c2)c2ccccc12.Cc1[c-]c(-c2nccc3cc(C(C)CC(C)C)ccc23)cc(C)c1.[Ir].[Ir].[Ir].[Ir]. The molecule has 0 aliphatic heterocycles. The van der Waals surface area contributed by atoms with Crippen molar-refractivity contribution >= 4 is 79.5 Å². The normalized spacial score (nSPS) is 12.5. The number of rotatable bonds is 25. The molecule has 0 aliphatic rings. The number of aromatic nitrogens is 4. The van der Waals surface area contributed by atoms with E-state index in [1.807, 2.05) is 102 Å². The minimum absolute atomic E-state index is 0. The summed E-state index contributed by atoms with van der Waals surface area (Å²) in [7, 11) is -1.48. The van der Waals surface area contributed by atoms with Crippen molar-refractivity contribution in [2.75, 3.05) is 0 Å². The van der Waals surface area contributed by atoms with Crippen LogP contribution in [-0.2, 0) is 99.6 Å². The Morgan fingerprint density at radius 1 is 0.354 bits per heavy atom. The standard InChI is InChI=1S/C26H24N.C24H30NSi.C23H26N.C21H22N.C15H28O2.C11H20O2.2C5H8O2.4Ir/c1-4-19(3)21-10-11-25-22(16-21)12-13-27-26(25)24-15-18(2)14-23(17-24)20-8-6-5-7-9-20;1-8-18(4)19-9-10-21-22(14-19)23(26(5,6)7)15-25-24(21)20-12-16(2)11-17(3)13-20;1-15(2)10-18(5)19-6-7-22-20(14-19)8-9-24-23(22)21-12-16(3)11-17(4)13-21;1-5-16(4)20-13-22-21(19-9-7-6-8-18(19)20)17-11-14(2)10-15(3)12-17;1-7-14(5,8-2)12(16)11-13(17)15(6,9-3)10-4;1-10(2,3)8(12)7-9(13)11(4,5)6;2*1-4(6)3-5(2)7;;;;/h5-14,16-17,19H,4H2,1-3H3;9-12,14-15,18H,8H2,1-7H3;6-9,11-12,14-15,18H,10H2,1-5H3;6-11,13,16H,5H2,1-4H3;11,16H,7-10H2,1-6H3;7,12H,1-6H3;2*3,6H,1-2H3;;;;/q4*-1;;;;;;;;. The maximum atomic E-state index is 12.2. The van der Waals surface area contributed by atoms with Gasteiger partial charge in [0.05, 0.1) is 19.6 Å². The van der Waals surface area contributed by atoms with Crippen LogP contribution in [0.3, 0.4) is 0 Å². The molecule has 12 nitrogen and oxygen atoms in total. The summed E-state index contributed by atoms with van der Waals surface area (Å²) in [5, 5.41) is 48.0. The van der Waals surface area contributed by atoms with Crippen LogP contribution in [0.15, 0.2) is 242 Å². The quantitative estimate of drug-likeness (QED) is 0.0183. The van der Waals surface area contributed by atoms with Crippen molar-refractivity contribution in [1.82, 2.24) is 19.9 Å². The first kappa shape index (κ1) is 133. The van der Waals surface area contributed by atoms with Gasteiger partial charge in [0, 0.05) is 151 Å². The van der Waals surface area contributed by atoms with Gasteiger partial charge in [-0.05, 0) is 220 Å². The van der Waals surface area contributed by atoms with E-state index in [2.05, 4.69) is 336 Å². The molecule has 0 bridgehead atoms. The summed E-state index contributed by atoms with van der Waals surface area (Å²) >= 11 is 0. The van der Waals surface area contributed by atoms with E-state index in [-0.39, 0.29) is 143 Å². The van der Waals surface area contributed by atoms with Crippen LogP contribution in [0.1, 0.15) is 309 Å². The average molecular weight is 2710 g/mol. The number of carbonyl (C=O) groups is 4. The van der Waals surface area contributed by atoms with Crippen LogP contribution in [-0.4, -0.2) is 71.6 Å². The molecule has 0 amide bonds. The van der Waals surface area contributed by atoms with Gasteiger partial charge in [-0.2, -0.15) is 0 Å². The summed E-state index contributed by atoms with van der Waals surface area (Å²) in [4.78, 5) is 62.8. The third-order valence-electron chi connectivity index (χ3n) is 26.8. The maximum absolute atomic E-state index is 12.2. The fourth-order valence-corrected chi connectivity index (χ4v) is 18.2. The second kappa shape index (κ2) is 61.6. The molecule has 0 saturated carbocycles. The molecular formula is C130H166Ir4N4O8Si-4. The Morgan fingerprint density at radius 2 is 0.714 bits per heavy atom. The van der Waals surface area contributed by atoms with Crippen LogP contribution >= 0.6 is 0 Å². The van der Waals surface area contributed by atoms with Gasteiger partial charge in [0.2, 0.25) is 0 Å². The van der Waals surface area contributed by atoms with E-state index in [1.165, 1.54) is 162 Å². The number of benzene rings is 9. The van der Waals surface area contributed by atoms with E-state index in [0.29, 0.717) is 29.6 Å². The second-order valence-corrected chi connectivity index (χ2v) is 48.2. The van der Waals surface area contributed by atoms with E-state index in [1.54, 1.807) is 0 Å². The average Bonchev–Trinajstić information content (AvgIpc) is 0.761. The van der Waals surface area contributed by atoms with Gasteiger partial charge in [0.25, 0.3) is 0 Å². The Labute approximate surface area is 938 Å². The first-order valence-electron chi connectivity index (χ1n) is 51.4. The fraction of sp³-hybridized carbons (Fsp3) is 0.400. The van der Waals surface area contributed by atoms with Crippen molar-refractivity contribution in [3.05, 3.63) is 327 Å². The molecule has 0 spiro atoms. The molecule has 4 unspecified atom stereocenters. The predicted octanol–water partition coefficient (Wildman–Crippen LogP) is 35.7. The summed E-state index contributed by atoms with van der Waals surface area (Å²) in [6.45, 7) is 71.4. The molecule has 4 radical (unpaired) electrons. The van der Waals surface area contributed by atoms with Gasteiger partial charge < -0.3 is 40.4 Å². The van der Waals surface area contributed by atoms with Crippen LogP contribution in [0.25, 0.3) is 99.2 Å². The Bertz CT molecular complexity index is 6530. The third-order valence-corrected chi connectivity index (χ3v) is 28.8. The summed E-state index contributed by atoms with van der Waals surface area (Å²) in [5.41, 5.74) is 23.5. The number of fused-ring (bicyclic) bond motifs is 4. The number of hydrogen-bond donors (Lipinski definition) is 4. The maximum Gasteiger partial charge on any atom is 0.164 e. The minimum atomic E-state index is -1.48. The van der Waals surface area contributed by atoms with Crippen molar-refractivity contribution in [1.29, 1.82) is 0 Å². The van der Waals surface area contributed by atoms with Crippen LogP contribution in [0.2, 0.25) is 19.6 Å². The molecule has 4 heterocycles. The monoisotopic (exact) mass is 2710 g/mol. The van der Waals surface area contributed by atoms with E-state index < -0.39 is 13.5 Å². The number of hydrogen-bond acceptors (Lipinski definition) is 12. The molecule has 0 aliphatic carbocycles. The summed E-state index contributed by atoms with van der Waals surface area (Å²) < 4.78 is 0. The first-order valence-corrected chi connectivity index (χ1v) is 54.9. The number of aliphatic hydroxyl groups is 4. The third kappa shape index (κ3) is 40.5. The molecule has 0 saturated heterocycles. The number of pyridine rings is 4. The van der Waals surface area contributed by atoms with Gasteiger partial charge in [-0.1, -0.05) is 323 Å². The number of nitrogens with zero attached hydrogens (tertiary/aromatic N) is 4. The number of aliphatic hydroxyl groups excluding tert-OH is 4. The Kier molecular flexibility index (Phi) is 55.8. The largest absolute Gasteiger partial charge is 0.512 e. The van der Waals surface area contributed by atoms with Crippen LogP contribution < -0.4 is 5.19 Å². The second-order valence-electron chi connectivity index (χ2n) is 43.1. The van der Waals surface area contributed by atoms with Crippen molar-refractivity contribution < 1.29 is 120 Å². The zero-order valence-corrected chi connectivity index (χ0v) is 105. The molecule has 0 fully saturated rings. The topological polar surface area (TPSA) is 201 Å². The van der Waals surface area contributed by atoms with Gasteiger partial charge in [0.15, 0.2) is 23.1 Å². The van der Waals surface area contributed by atoms with Gasteiger partial charge >= 0.3 is 0 Å². The van der Waals surface area contributed by atoms with Gasteiger partial charge in [-0.15, -0.1) is 140 Å². The molecule has 4 aromatic heterocycles. The van der Waals surface area contributed by atoms with Gasteiger partial charge in [0.1, 0.15) is 11.5 Å². The molecule has 4 N–H and O–H groups in total. The zero-order chi connectivity index (χ0) is 107. The molecule has 4 atom stereocenters. The Balaban J connectivity index is 0.000000584. The van der Waals surface area contributed by atoms with E-state index in [0.717, 1.165) is 107 Å². The molecule has 17 heteroatoms. The van der Waals surface area contributed by atoms with Crippen LogP contribution in [0, 0.1) is 100 Å². The summed E-state index contributed by atoms with van der Waals surface area (Å²) in [6, 6.07) is 75.3. The number of allylic oxidation sites excluding steroid dienone is 8. The summed E-state index contributed by atoms with van der Waals surface area (Å²) in [6.07, 6.45) is 21.1.